The van der Waals surface area contributed by atoms with E-state index in [0.29, 0.717) is 5.39 Å². The zero-order valence-corrected chi connectivity index (χ0v) is 20.5. The molecule has 156 valence electrons. The van der Waals surface area contributed by atoms with Crippen molar-refractivity contribution in [3.8, 4) is 5.75 Å². The van der Waals surface area contributed by atoms with Gasteiger partial charge in [0.15, 0.2) is 5.75 Å². The van der Waals surface area contributed by atoms with E-state index < -0.39 is 34.7 Å². The van der Waals surface area contributed by atoms with Gasteiger partial charge in [0.05, 0.1) is 23.5 Å². The molecule has 4 aromatic rings. The van der Waals surface area contributed by atoms with E-state index in [1.807, 2.05) is 0 Å². The summed E-state index contributed by atoms with van der Waals surface area (Å²) in [5.41, 5.74) is -1.19. The van der Waals surface area contributed by atoms with E-state index in [1.165, 1.54) is 30.3 Å². The number of hydrogen-bond acceptors (Lipinski definition) is 5. The van der Waals surface area contributed by atoms with Crippen molar-refractivity contribution in [2.45, 2.75) is 6.92 Å². The maximum atomic E-state index is 13.9. The Balaban J connectivity index is 0.00000289. The second-order valence-electron chi connectivity index (χ2n) is 6.67. The van der Waals surface area contributed by atoms with Crippen molar-refractivity contribution in [2.24, 2.45) is 0 Å². The van der Waals surface area contributed by atoms with Crippen molar-refractivity contribution in [1.29, 1.82) is 0 Å². The van der Waals surface area contributed by atoms with Gasteiger partial charge < -0.3 is 20.0 Å². The van der Waals surface area contributed by atoms with Crippen molar-refractivity contribution < 1.29 is 75.2 Å². The average Bonchev–Trinajstić information content (AvgIpc) is 3.10. The first-order valence-corrected chi connectivity index (χ1v) is 9.40. The number of carbonyl (C=O) groups is 2. The van der Waals surface area contributed by atoms with Crippen LogP contribution in [-0.4, -0.2) is 28.0 Å². The summed E-state index contributed by atoms with van der Waals surface area (Å²) in [5, 5.41) is 15.1. The Hall–Kier alpha value is -2.56. The van der Waals surface area contributed by atoms with Crippen LogP contribution < -0.4 is 56.9 Å². The van der Waals surface area contributed by atoms with E-state index >= 15 is 0 Å². The van der Waals surface area contributed by atoms with Crippen molar-refractivity contribution in [1.82, 2.24) is 4.40 Å². The standard InChI is InChI=1S/C23H17FN2O5.K/c1-2-31-23(30)16-12-17(25-21(28)13-6-4-3-5-7-13)22(29)26-18-11-15(24)9-8-14(18)10-19(26)20(16)27;/h3-12H,2H2,1H3,(H2,25,27,28,29,30);/q;+1/p-1. The average molecular weight is 458 g/mol. The molecule has 0 spiro atoms. The number of halogens is 1. The van der Waals surface area contributed by atoms with Crippen molar-refractivity contribution >= 4 is 34.0 Å². The fraction of sp³-hybridized carbons (Fsp3) is 0.0870. The Morgan fingerprint density at radius 2 is 1.78 bits per heavy atom. The number of ether oxygens (including phenoxy) is 1. The van der Waals surface area contributed by atoms with E-state index in [9.17, 15) is 23.9 Å². The van der Waals surface area contributed by atoms with Gasteiger partial charge in [0.1, 0.15) is 11.4 Å². The van der Waals surface area contributed by atoms with E-state index in [0.717, 1.165) is 16.5 Å². The minimum atomic E-state index is -0.891. The number of esters is 1. The Morgan fingerprint density at radius 1 is 1.06 bits per heavy atom. The summed E-state index contributed by atoms with van der Waals surface area (Å²) in [7, 11) is 0. The van der Waals surface area contributed by atoms with Gasteiger partial charge in [-0.2, -0.15) is 0 Å². The number of fused-ring (bicyclic) bond motifs is 3. The smallest absolute Gasteiger partial charge is 0.618 e. The molecule has 0 bridgehead atoms. The second kappa shape index (κ2) is 9.93. The molecule has 1 amide bonds. The van der Waals surface area contributed by atoms with E-state index in [1.54, 1.807) is 25.1 Å². The van der Waals surface area contributed by atoms with Crippen molar-refractivity contribution in [3.63, 3.8) is 0 Å². The molecular formula is C23H16FKN2O5. The molecule has 0 saturated carbocycles. The van der Waals surface area contributed by atoms with Gasteiger partial charge in [-0.15, -0.1) is 0 Å². The fourth-order valence-corrected chi connectivity index (χ4v) is 3.29. The van der Waals surface area contributed by atoms with Crippen LogP contribution in [-0.2, 0) is 4.74 Å². The molecule has 0 saturated heterocycles. The Labute approximate surface area is 224 Å². The van der Waals surface area contributed by atoms with E-state index in [4.69, 9.17) is 4.74 Å². The number of aromatic hydroxyl groups is 1. The van der Waals surface area contributed by atoms with Crippen LogP contribution in [0, 0.1) is 5.82 Å². The third-order valence-corrected chi connectivity index (χ3v) is 4.71. The van der Waals surface area contributed by atoms with Crippen LogP contribution in [0.2, 0.25) is 0 Å². The summed E-state index contributed by atoms with van der Waals surface area (Å²) in [4.78, 5) is 38.4. The summed E-state index contributed by atoms with van der Waals surface area (Å²) in [6, 6.07) is 14.3. The summed E-state index contributed by atoms with van der Waals surface area (Å²) in [5.74, 6) is -2.74. The Kier molecular flexibility index (Phi) is 7.47. The molecule has 32 heavy (non-hydrogen) atoms. The van der Waals surface area contributed by atoms with Crippen LogP contribution in [0.1, 0.15) is 27.6 Å². The van der Waals surface area contributed by atoms with Crippen LogP contribution in [0.5, 0.6) is 5.75 Å². The number of amides is 1. The van der Waals surface area contributed by atoms with Crippen LogP contribution in [0.25, 0.3) is 21.7 Å². The number of nitrogens with zero attached hydrogens (tertiary/aromatic N) is 2. The molecule has 2 heterocycles. The molecule has 0 aliphatic heterocycles. The van der Waals surface area contributed by atoms with E-state index in [2.05, 4.69) is 5.32 Å². The second-order valence-corrected chi connectivity index (χ2v) is 6.67. The van der Waals surface area contributed by atoms with Crippen molar-refractivity contribution in [3.05, 3.63) is 93.3 Å². The molecule has 0 aliphatic carbocycles. The molecule has 1 N–H and O–H groups in total. The van der Waals surface area contributed by atoms with Gasteiger partial charge in [0.2, 0.25) is 5.56 Å². The summed E-state index contributed by atoms with van der Waals surface area (Å²) in [6.45, 7) is 1.62. The predicted octanol–water partition coefficient (Wildman–Crippen LogP) is 1.32. The van der Waals surface area contributed by atoms with Gasteiger partial charge in [-0.05, 0) is 36.8 Å². The van der Waals surface area contributed by atoms with Gasteiger partial charge in [-0.25, -0.2) is 9.18 Å². The minimum Gasteiger partial charge on any atom is -0.618 e. The minimum absolute atomic E-state index is 0. The third kappa shape index (κ3) is 4.48. The number of aromatic nitrogens is 1. The first-order valence-electron chi connectivity index (χ1n) is 9.40. The predicted molar refractivity (Wildman–Crippen MR) is 113 cm³/mol. The first kappa shape index (κ1) is 24.1. The van der Waals surface area contributed by atoms with Crippen LogP contribution in [0.3, 0.4) is 0 Å². The summed E-state index contributed by atoms with van der Waals surface area (Å²) >= 11 is 0. The molecule has 2 aromatic heterocycles. The third-order valence-electron chi connectivity index (χ3n) is 4.71. The van der Waals surface area contributed by atoms with Gasteiger partial charge >= 0.3 is 57.4 Å². The van der Waals surface area contributed by atoms with Gasteiger partial charge in [-0.1, -0.05) is 42.1 Å². The van der Waals surface area contributed by atoms with Gasteiger partial charge in [0.25, 0.3) is 0 Å². The number of benzene rings is 2. The molecule has 0 fully saturated rings. The number of hydrogen-bond donors (Lipinski definition) is 1. The molecule has 0 atom stereocenters. The van der Waals surface area contributed by atoms with Crippen molar-refractivity contribution in [2.75, 3.05) is 6.61 Å². The Bertz CT molecular complexity index is 1400. The quantitative estimate of drug-likeness (QED) is 0.367. The largest absolute Gasteiger partial charge is 1.00 e. The number of carbonyl (C=O) groups excluding carboxylic acids is 2. The zero-order chi connectivity index (χ0) is 22.1. The van der Waals surface area contributed by atoms with E-state index in [-0.39, 0.29) is 80.2 Å². The van der Waals surface area contributed by atoms with Crippen LogP contribution in [0.15, 0.2) is 65.5 Å². The molecule has 9 heteroatoms. The molecule has 0 unspecified atom stereocenters. The summed E-state index contributed by atoms with van der Waals surface area (Å²) in [6.07, 6.45) is 0. The fourth-order valence-electron chi connectivity index (χ4n) is 3.29. The maximum absolute atomic E-state index is 13.9. The topological polar surface area (TPSA) is 99.2 Å². The van der Waals surface area contributed by atoms with Gasteiger partial charge in [-0.3, -0.25) is 9.20 Å². The van der Waals surface area contributed by atoms with Gasteiger partial charge in [0, 0.05) is 5.39 Å². The monoisotopic (exact) mass is 458 g/mol. The molecular weight excluding hydrogens is 442 g/mol. The van der Waals surface area contributed by atoms with Crippen LogP contribution in [0.4, 0.5) is 10.1 Å². The SMILES string of the molecule is CCOC(=O)c1cc([N-]C(=O)c2ccccc2)c(=O)n2c(cc3ccc(F)cc32)c1O.[K+]. The molecule has 7 nitrogen and oxygen atoms in total. The molecule has 2 aromatic carbocycles. The Morgan fingerprint density at radius 3 is 2.47 bits per heavy atom. The van der Waals surface area contributed by atoms with Crippen LogP contribution >= 0.6 is 0 Å². The zero-order valence-electron chi connectivity index (χ0n) is 17.3. The first-order chi connectivity index (χ1) is 14.9. The maximum Gasteiger partial charge on any atom is 1.00 e. The summed E-state index contributed by atoms with van der Waals surface area (Å²) < 4.78 is 19.9. The molecule has 0 aliphatic rings. The normalized spacial score (nSPS) is 10.6. The number of rotatable bonds is 4. The molecule has 0 radical (unpaired) electrons. The molecule has 4 rings (SSSR count).